The average molecular weight is 410 g/mol. The largest absolute Gasteiger partial charge is 0.417 e. The van der Waals surface area contributed by atoms with Gasteiger partial charge in [-0.05, 0) is 30.7 Å². The molecule has 146 valence electrons. The number of rotatable bonds is 5. The number of benzene rings is 2. The van der Waals surface area contributed by atoms with Crippen LogP contribution in [0, 0.1) is 0 Å². The molecule has 0 unspecified atom stereocenters. The van der Waals surface area contributed by atoms with Crippen molar-refractivity contribution in [1.29, 1.82) is 0 Å². The molecule has 0 saturated heterocycles. The van der Waals surface area contributed by atoms with E-state index in [1.165, 1.54) is 18.2 Å². The molecule has 0 atom stereocenters. The minimum Gasteiger partial charge on any atom is -0.391 e. The third-order valence-electron chi connectivity index (χ3n) is 3.65. The van der Waals surface area contributed by atoms with Gasteiger partial charge in [-0.3, -0.25) is 0 Å². The Morgan fingerprint density at radius 1 is 0.963 bits per heavy atom. The minimum atomic E-state index is -4.64. The quantitative estimate of drug-likeness (QED) is 0.305. The highest BCUT2D eigenvalue weighted by atomic mass is 35.5. The van der Waals surface area contributed by atoms with Crippen molar-refractivity contribution in [1.82, 2.24) is 0 Å². The van der Waals surface area contributed by atoms with Gasteiger partial charge in [-0.15, -0.1) is 0 Å². The highest BCUT2D eigenvalue weighted by Crippen LogP contribution is 2.34. The van der Waals surface area contributed by atoms with E-state index in [9.17, 15) is 26.3 Å². The van der Waals surface area contributed by atoms with E-state index >= 15 is 0 Å². The molecule has 0 bridgehead atoms. The van der Waals surface area contributed by atoms with Gasteiger partial charge in [-0.25, -0.2) is 0 Å². The molecule has 0 saturated carbocycles. The SMILES string of the molecule is CC/C(=N\OCc1ccccc1C(F)(F)F)c1cc(Cl)ccc1C(F)(F)F. The molecule has 0 aliphatic rings. The smallest absolute Gasteiger partial charge is 0.391 e. The molecule has 0 aliphatic carbocycles. The molecule has 0 aliphatic heterocycles. The first-order valence-electron chi connectivity index (χ1n) is 7.75. The van der Waals surface area contributed by atoms with Crippen molar-refractivity contribution in [2.45, 2.75) is 32.3 Å². The fourth-order valence-corrected chi connectivity index (χ4v) is 2.58. The summed E-state index contributed by atoms with van der Waals surface area (Å²) in [5.41, 5.74) is -2.37. The van der Waals surface area contributed by atoms with Gasteiger partial charge in [-0.2, -0.15) is 26.3 Å². The standard InChI is InChI=1S/C18H14ClF6NO/c1-2-16(13-9-12(19)7-8-15(13)18(23,24)25)26-27-10-11-5-3-4-6-14(11)17(20,21)22/h3-9H,2,10H2,1H3/b26-16+. The van der Waals surface area contributed by atoms with Crippen molar-refractivity contribution in [3.8, 4) is 0 Å². The summed E-state index contributed by atoms with van der Waals surface area (Å²) in [6.07, 6.45) is -9.16. The molecule has 27 heavy (non-hydrogen) atoms. The van der Waals surface area contributed by atoms with E-state index in [4.69, 9.17) is 16.4 Å². The molecule has 0 aromatic heterocycles. The molecule has 0 spiro atoms. The number of nitrogens with zero attached hydrogens (tertiary/aromatic N) is 1. The van der Waals surface area contributed by atoms with Crippen LogP contribution in [0.2, 0.25) is 5.02 Å². The normalized spacial score (nSPS) is 13.0. The van der Waals surface area contributed by atoms with Crippen molar-refractivity contribution in [3.05, 3.63) is 69.7 Å². The van der Waals surface area contributed by atoms with Crippen LogP contribution >= 0.6 is 11.6 Å². The zero-order valence-corrected chi connectivity index (χ0v) is 14.7. The van der Waals surface area contributed by atoms with Crippen molar-refractivity contribution in [3.63, 3.8) is 0 Å². The van der Waals surface area contributed by atoms with E-state index in [0.717, 1.165) is 24.3 Å². The van der Waals surface area contributed by atoms with Gasteiger partial charge in [0.2, 0.25) is 0 Å². The van der Waals surface area contributed by atoms with Crippen LogP contribution in [0.15, 0.2) is 47.6 Å². The summed E-state index contributed by atoms with van der Waals surface area (Å²) in [5.74, 6) is 0. The summed E-state index contributed by atoms with van der Waals surface area (Å²) in [5, 5.41) is 3.71. The third-order valence-corrected chi connectivity index (χ3v) is 3.89. The summed E-state index contributed by atoms with van der Waals surface area (Å²) >= 11 is 5.78. The molecule has 0 radical (unpaired) electrons. The number of alkyl halides is 6. The summed E-state index contributed by atoms with van der Waals surface area (Å²) in [4.78, 5) is 4.95. The summed E-state index contributed by atoms with van der Waals surface area (Å²) in [6, 6.07) is 7.75. The Morgan fingerprint density at radius 2 is 1.59 bits per heavy atom. The lowest BCUT2D eigenvalue weighted by atomic mass is 10.0. The molecular formula is C18H14ClF6NO. The molecule has 0 N–H and O–H groups in total. The monoisotopic (exact) mass is 409 g/mol. The first-order valence-corrected chi connectivity index (χ1v) is 8.13. The van der Waals surface area contributed by atoms with E-state index in [2.05, 4.69) is 5.16 Å². The fourth-order valence-electron chi connectivity index (χ4n) is 2.41. The first-order chi connectivity index (χ1) is 12.5. The molecular weight excluding hydrogens is 396 g/mol. The van der Waals surface area contributed by atoms with Crippen LogP contribution in [0.1, 0.15) is 35.6 Å². The first kappa shape index (κ1) is 21.1. The Labute approximate surface area is 156 Å². The van der Waals surface area contributed by atoms with Crippen LogP contribution in [0.4, 0.5) is 26.3 Å². The topological polar surface area (TPSA) is 21.6 Å². The number of hydrogen-bond acceptors (Lipinski definition) is 2. The zero-order chi connectivity index (χ0) is 20.2. The Kier molecular flexibility index (Phi) is 6.41. The molecule has 9 heteroatoms. The fraction of sp³-hybridized carbons (Fsp3) is 0.278. The third kappa shape index (κ3) is 5.38. The van der Waals surface area contributed by atoms with Crippen LogP contribution < -0.4 is 0 Å². The Balaban J connectivity index is 2.31. The van der Waals surface area contributed by atoms with Crippen molar-refractivity contribution < 1.29 is 31.2 Å². The lowest BCUT2D eigenvalue weighted by Gasteiger charge is -2.15. The van der Waals surface area contributed by atoms with Gasteiger partial charge in [0.25, 0.3) is 0 Å². The predicted molar refractivity (Wildman–Crippen MR) is 89.5 cm³/mol. The highest BCUT2D eigenvalue weighted by Gasteiger charge is 2.35. The molecule has 2 nitrogen and oxygen atoms in total. The van der Waals surface area contributed by atoms with Gasteiger partial charge in [0, 0.05) is 16.1 Å². The van der Waals surface area contributed by atoms with E-state index in [0.29, 0.717) is 0 Å². The number of halogens is 7. The lowest BCUT2D eigenvalue weighted by molar-refractivity contribution is -0.139. The van der Waals surface area contributed by atoms with Crippen LogP contribution in [0.5, 0.6) is 0 Å². The second kappa shape index (κ2) is 8.21. The maximum Gasteiger partial charge on any atom is 0.417 e. The van der Waals surface area contributed by atoms with Crippen molar-refractivity contribution in [2.24, 2.45) is 5.16 Å². The maximum absolute atomic E-state index is 13.2. The zero-order valence-electron chi connectivity index (χ0n) is 14.0. The van der Waals surface area contributed by atoms with E-state index in [-0.39, 0.29) is 28.3 Å². The summed E-state index contributed by atoms with van der Waals surface area (Å²) in [6.45, 7) is 1.01. The summed E-state index contributed by atoms with van der Waals surface area (Å²) in [7, 11) is 0. The molecule has 0 fully saturated rings. The van der Waals surface area contributed by atoms with Gasteiger partial charge in [0.05, 0.1) is 16.8 Å². The maximum atomic E-state index is 13.2. The van der Waals surface area contributed by atoms with Crippen LogP contribution in [0.25, 0.3) is 0 Å². The molecule has 2 aromatic carbocycles. The Morgan fingerprint density at radius 3 is 2.19 bits per heavy atom. The minimum absolute atomic E-state index is 0.0599. The van der Waals surface area contributed by atoms with E-state index in [1.54, 1.807) is 6.92 Å². The second-order valence-corrected chi connectivity index (χ2v) is 5.94. The Hall–Kier alpha value is -2.22. The van der Waals surface area contributed by atoms with Crippen LogP contribution in [0.3, 0.4) is 0 Å². The van der Waals surface area contributed by atoms with Crippen molar-refractivity contribution >= 4 is 17.3 Å². The van der Waals surface area contributed by atoms with E-state index in [1.807, 2.05) is 0 Å². The number of oxime groups is 1. The lowest BCUT2D eigenvalue weighted by Crippen LogP contribution is -2.14. The Bertz CT molecular complexity index is 829. The van der Waals surface area contributed by atoms with Gasteiger partial charge in [-0.1, -0.05) is 41.9 Å². The van der Waals surface area contributed by atoms with Gasteiger partial charge in [0.15, 0.2) is 0 Å². The highest BCUT2D eigenvalue weighted by molar-refractivity contribution is 6.31. The predicted octanol–water partition coefficient (Wildman–Crippen LogP) is 6.71. The molecule has 2 rings (SSSR count). The van der Waals surface area contributed by atoms with Crippen LogP contribution in [-0.2, 0) is 23.8 Å². The average Bonchev–Trinajstić information content (AvgIpc) is 2.57. The van der Waals surface area contributed by atoms with Crippen molar-refractivity contribution in [2.75, 3.05) is 0 Å². The van der Waals surface area contributed by atoms with Gasteiger partial charge < -0.3 is 4.84 Å². The molecule has 0 amide bonds. The van der Waals surface area contributed by atoms with Gasteiger partial charge in [0.1, 0.15) is 6.61 Å². The molecule has 2 aromatic rings. The molecule has 0 heterocycles. The number of hydrogen-bond donors (Lipinski definition) is 0. The summed E-state index contributed by atoms with van der Waals surface area (Å²) < 4.78 is 78.4. The second-order valence-electron chi connectivity index (χ2n) is 5.51. The van der Waals surface area contributed by atoms with Gasteiger partial charge >= 0.3 is 12.4 Å². The van der Waals surface area contributed by atoms with Crippen LogP contribution in [-0.4, -0.2) is 5.71 Å². The van der Waals surface area contributed by atoms with E-state index < -0.39 is 30.1 Å².